The van der Waals surface area contributed by atoms with E-state index in [-0.39, 0.29) is 28.6 Å². The molecule has 1 N–H and O–H groups in total. The van der Waals surface area contributed by atoms with Gasteiger partial charge in [0.25, 0.3) is 0 Å². The molecule has 3 unspecified atom stereocenters. The molecule has 2 bridgehead atoms. The molecule has 0 aromatic heterocycles. The summed E-state index contributed by atoms with van der Waals surface area (Å²) in [6, 6.07) is 9.92. The van der Waals surface area contributed by atoms with E-state index in [0.29, 0.717) is 12.5 Å². The van der Waals surface area contributed by atoms with Crippen LogP contribution in [0.1, 0.15) is 64.9 Å². The Labute approximate surface area is 169 Å². The molecule has 3 fully saturated rings. The summed E-state index contributed by atoms with van der Waals surface area (Å²) in [6.07, 6.45) is 6.92. The summed E-state index contributed by atoms with van der Waals surface area (Å²) in [5.74, 6) is 0.275. The third kappa shape index (κ3) is 3.97. The van der Waals surface area contributed by atoms with E-state index in [0.717, 1.165) is 50.6 Å². The normalized spacial score (nSPS) is 29.8. The van der Waals surface area contributed by atoms with Gasteiger partial charge in [-0.05, 0) is 48.5 Å². The van der Waals surface area contributed by atoms with E-state index in [9.17, 15) is 9.59 Å². The predicted octanol–water partition coefficient (Wildman–Crippen LogP) is 3.94. The zero-order chi connectivity index (χ0) is 19.9. The summed E-state index contributed by atoms with van der Waals surface area (Å²) in [7, 11) is 0. The molecule has 152 valence electrons. The first kappa shape index (κ1) is 19.5. The Morgan fingerprint density at radius 2 is 1.86 bits per heavy atom. The van der Waals surface area contributed by atoms with Crippen molar-refractivity contribution < 1.29 is 9.59 Å². The smallest absolute Gasteiger partial charge is 0.245 e. The van der Waals surface area contributed by atoms with Crippen molar-refractivity contribution in [3.63, 3.8) is 0 Å². The fraction of sp³-hybridized carbons (Fsp3) is 0.667. The highest BCUT2D eigenvalue weighted by Gasteiger charge is 2.51. The molecule has 4 heteroatoms. The average Bonchev–Trinajstić information content (AvgIpc) is 2.81. The maximum absolute atomic E-state index is 13.6. The van der Waals surface area contributed by atoms with Crippen LogP contribution in [0.4, 0.5) is 0 Å². The quantitative estimate of drug-likeness (QED) is 0.838. The third-order valence-corrected chi connectivity index (χ3v) is 7.07. The molecule has 1 aliphatic heterocycles. The lowest BCUT2D eigenvalue weighted by Crippen LogP contribution is -2.53. The number of likely N-dealkylation sites (tertiary alicyclic amines) is 1. The molecule has 28 heavy (non-hydrogen) atoms. The zero-order valence-corrected chi connectivity index (χ0v) is 17.5. The second-order valence-electron chi connectivity index (χ2n) is 10.6. The number of fused-ring (bicyclic) bond motifs is 2. The van der Waals surface area contributed by atoms with E-state index in [4.69, 9.17) is 0 Å². The molecule has 2 amide bonds. The Balaban J connectivity index is 1.53. The molecule has 2 saturated carbocycles. The Hall–Kier alpha value is -1.84. The number of nitrogens with zero attached hydrogens (tertiary/aromatic N) is 1. The van der Waals surface area contributed by atoms with Gasteiger partial charge < -0.3 is 10.2 Å². The van der Waals surface area contributed by atoms with Crippen LogP contribution in [0.15, 0.2) is 30.3 Å². The highest BCUT2D eigenvalue weighted by molar-refractivity contribution is 5.89. The fourth-order valence-corrected chi connectivity index (χ4v) is 5.93. The SMILES string of the molecule is CC1(C)CC2CC(C)(CN2C(=O)C(Cc2ccccc2)NC(=O)C2CCC2)C1. The molecule has 1 heterocycles. The van der Waals surface area contributed by atoms with Crippen molar-refractivity contribution >= 4 is 11.8 Å². The van der Waals surface area contributed by atoms with Crippen LogP contribution in [0.5, 0.6) is 0 Å². The van der Waals surface area contributed by atoms with Gasteiger partial charge in [-0.3, -0.25) is 9.59 Å². The van der Waals surface area contributed by atoms with E-state index >= 15 is 0 Å². The van der Waals surface area contributed by atoms with Crippen molar-refractivity contribution in [3.05, 3.63) is 35.9 Å². The van der Waals surface area contributed by atoms with E-state index in [1.54, 1.807) is 0 Å². The van der Waals surface area contributed by atoms with Crippen molar-refractivity contribution in [2.45, 2.75) is 77.8 Å². The summed E-state index contributed by atoms with van der Waals surface area (Å²) < 4.78 is 0. The topological polar surface area (TPSA) is 49.4 Å². The number of hydrogen-bond donors (Lipinski definition) is 1. The van der Waals surface area contributed by atoms with E-state index < -0.39 is 6.04 Å². The van der Waals surface area contributed by atoms with Gasteiger partial charge in [0.1, 0.15) is 6.04 Å². The van der Waals surface area contributed by atoms with Crippen LogP contribution in [0.2, 0.25) is 0 Å². The number of carbonyl (C=O) groups excluding carboxylic acids is 2. The lowest BCUT2D eigenvalue weighted by Gasteiger charge is -2.39. The first-order valence-electron chi connectivity index (χ1n) is 10.9. The first-order chi connectivity index (χ1) is 13.2. The van der Waals surface area contributed by atoms with Crippen molar-refractivity contribution in [2.24, 2.45) is 16.7 Å². The van der Waals surface area contributed by atoms with Crippen LogP contribution >= 0.6 is 0 Å². The lowest BCUT2D eigenvalue weighted by molar-refractivity contribution is -0.139. The van der Waals surface area contributed by atoms with E-state index in [1.807, 2.05) is 30.3 Å². The zero-order valence-electron chi connectivity index (χ0n) is 17.5. The van der Waals surface area contributed by atoms with Crippen molar-refractivity contribution in [1.82, 2.24) is 10.2 Å². The molecule has 3 aliphatic rings. The largest absolute Gasteiger partial charge is 0.344 e. The van der Waals surface area contributed by atoms with Gasteiger partial charge in [-0.1, -0.05) is 57.5 Å². The highest BCUT2D eigenvalue weighted by Crippen LogP contribution is 2.52. The second-order valence-corrected chi connectivity index (χ2v) is 10.6. The lowest BCUT2D eigenvalue weighted by atomic mass is 9.65. The minimum absolute atomic E-state index is 0.0641. The molecular weight excluding hydrogens is 348 g/mol. The van der Waals surface area contributed by atoms with Crippen LogP contribution in [-0.4, -0.2) is 35.3 Å². The van der Waals surface area contributed by atoms with Crippen LogP contribution in [0.3, 0.4) is 0 Å². The summed E-state index contributed by atoms with van der Waals surface area (Å²) in [5.41, 5.74) is 1.58. The molecule has 1 aromatic rings. The van der Waals surface area contributed by atoms with Crippen molar-refractivity contribution in [1.29, 1.82) is 0 Å². The number of carbonyl (C=O) groups is 2. The summed E-state index contributed by atoms with van der Waals surface area (Å²) in [5, 5.41) is 3.13. The number of benzene rings is 1. The van der Waals surface area contributed by atoms with Crippen molar-refractivity contribution in [2.75, 3.05) is 6.54 Å². The predicted molar refractivity (Wildman–Crippen MR) is 111 cm³/mol. The van der Waals surface area contributed by atoms with Gasteiger partial charge in [0.2, 0.25) is 11.8 Å². The molecule has 2 aliphatic carbocycles. The van der Waals surface area contributed by atoms with E-state index in [2.05, 4.69) is 31.0 Å². The molecule has 0 spiro atoms. The maximum atomic E-state index is 13.6. The van der Waals surface area contributed by atoms with Crippen LogP contribution < -0.4 is 5.32 Å². The number of rotatable bonds is 5. The Morgan fingerprint density at radius 1 is 1.14 bits per heavy atom. The minimum atomic E-state index is -0.457. The van der Waals surface area contributed by atoms with Crippen molar-refractivity contribution in [3.8, 4) is 0 Å². The molecule has 4 nitrogen and oxygen atoms in total. The highest BCUT2D eigenvalue weighted by atomic mass is 16.2. The summed E-state index contributed by atoms with van der Waals surface area (Å²) in [6.45, 7) is 7.80. The monoisotopic (exact) mass is 382 g/mol. The van der Waals surface area contributed by atoms with Gasteiger partial charge >= 0.3 is 0 Å². The standard InChI is InChI=1S/C24H34N2O2/c1-23(2)13-19-14-24(3,15-23)16-26(19)22(28)20(12-17-8-5-4-6-9-17)25-21(27)18-10-7-11-18/h4-6,8-9,18-20H,7,10-16H2,1-3H3,(H,25,27). The molecule has 3 atom stereocenters. The van der Waals surface area contributed by atoms with Gasteiger partial charge in [-0.15, -0.1) is 0 Å². The van der Waals surface area contributed by atoms with Gasteiger partial charge in [-0.2, -0.15) is 0 Å². The van der Waals surface area contributed by atoms with Crippen LogP contribution in [0.25, 0.3) is 0 Å². The third-order valence-electron chi connectivity index (χ3n) is 7.07. The molecule has 0 radical (unpaired) electrons. The molecular formula is C24H34N2O2. The number of amides is 2. The Kier molecular flexibility index (Phi) is 5.01. The fourth-order valence-electron chi connectivity index (χ4n) is 5.93. The molecule has 4 rings (SSSR count). The van der Waals surface area contributed by atoms with Crippen LogP contribution in [-0.2, 0) is 16.0 Å². The molecule has 1 aromatic carbocycles. The van der Waals surface area contributed by atoms with Crippen LogP contribution in [0, 0.1) is 16.7 Å². The average molecular weight is 383 g/mol. The second kappa shape index (κ2) is 7.20. The van der Waals surface area contributed by atoms with Gasteiger partial charge in [0, 0.05) is 24.9 Å². The van der Waals surface area contributed by atoms with Gasteiger partial charge in [0.05, 0.1) is 0 Å². The maximum Gasteiger partial charge on any atom is 0.245 e. The minimum Gasteiger partial charge on any atom is -0.344 e. The Morgan fingerprint density at radius 3 is 2.50 bits per heavy atom. The van der Waals surface area contributed by atoms with E-state index in [1.165, 1.54) is 0 Å². The Bertz CT molecular complexity index is 740. The van der Waals surface area contributed by atoms with Gasteiger partial charge in [0.15, 0.2) is 0 Å². The molecule has 1 saturated heterocycles. The number of nitrogens with one attached hydrogen (secondary N) is 1. The first-order valence-corrected chi connectivity index (χ1v) is 10.9. The number of hydrogen-bond acceptors (Lipinski definition) is 2. The summed E-state index contributed by atoms with van der Waals surface area (Å²) >= 11 is 0. The summed E-state index contributed by atoms with van der Waals surface area (Å²) in [4.78, 5) is 28.4. The van der Waals surface area contributed by atoms with Gasteiger partial charge in [-0.25, -0.2) is 0 Å².